The number of anilines is 1. The van der Waals surface area contributed by atoms with Crippen molar-refractivity contribution in [2.45, 2.75) is 25.2 Å². The molecule has 0 aliphatic carbocycles. The fourth-order valence-corrected chi connectivity index (χ4v) is 5.49. The summed E-state index contributed by atoms with van der Waals surface area (Å²) in [6.07, 6.45) is 0.928. The quantitative estimate of drug-likeness (QED) is 0.466. The van der Waals surface area contributed by atoms with Crippen molar-refractivity contribution in [3.8, 4) is 0 Å². The molecule has 0 aliphatic rings. The van der Waals surface area contributed by atoms with E-state index in [-0.39, 0.29) is 16.1 Å². The smallest absolute Gasteiger partial charge is 0.281 e. The molecule has 0 radical (unpaired) electrons. The number of nitrogens with one attached hydrogen (secondary N) is 1. The minimum Gasteiger partial charge on any atom is -0.319 e. The minimum atomic E-state index is -3.84. The number of para-hydroxylation sites is 1. The first-order valence-corrected chi connectivity index (χ1v) is 12.4. The molecule has 1 heterocycles. The second kappa shape index (κ2) is 8.72. The number of sulfonamides is 1. The number of carbonyl (C=O) groups is 1. The summed E-state index contributed by atoms with van der Waals surface area (Å²) in [6.45, 7) is 3.98. The molecule has 6 nitrogen and oxygen atoms in total. The number of hydrogen-bond donors (Lipinski definition) is 1. The van der Waals surface area contributed by atoms with E-state index in [9.17, 15) is 13.2 Å². The number of benzene rings is 3. The van der Waals surface area contributed by atoms with Crippen LogP contribution in [-0.2, 0) is 23.5 Å². The van der Waals surface area contributed by atoms with Crippen LogP contribution in [0.3, 0.4) is 0 Å². The Labute approximate surface area is 190 Å². The van der Waals surface area contributed by atoms with Crippen LogP contribution in [0.4, 0.5) is 5.69 Å². The molecule has 1 amide bonds. The Morgan fingerprint density at radius 1 is 1.06 bits per heavy atom. The lowest BCUT2D eigenvalue weighted by atomic mass is 10.2. The maximum atomic E-state index is 13.0. The summed E-state index contributed by atoms with van der Waals surface area (Å²) in [7, 11) is -1.98. The maximum absolute atomic E-state index is 13.0. The fourth-order valence-electron chi connectivity index (χ4n) is 3.33. The van der Waals surface area contributed by atoms with Gasteiger partial charge in [-0.1, -0.05) is 54.2 Å². The summed E-state index contributed by atoms with van der Waals surface area (Å²) in [6, 6.07) is 19.2. The third-order valence-corrected chi connectivity index (χ3v) is 7.69. The van der Waals surface area contributed by atoms with Crippen LogP contribution >= 0.6 is 11.3 Å². The second-order valence-electron chi connectivity index (χ2n) is 7.48. The average Bonchev–Trinajstić information content (AvgIpc) is 3.08. The molecule has 164 valence electrons. The Morgan fingerprint density at radius 3 is 2.50 bits per heavy atom. The highest BCUT2D eigenvalue weighted by Gasteiger charge is 2.18. The molecule has 1 N–H and O–H groups in total. The number of rotatable bonds is 5. The second-order valence-corrected chi connectivity index (χ2v) is 10.2. The minimum absolute atomic E-state index is 0.130. The van der Waals surface area contributed by atoms with Gasteiger partial charge in [0.2, 0.25) is 0 Å². The van der Waals surface area contributed by atoms with E-state index < -0.39 is 15.9 Å². The molecule has 3 aromatic carbocycles. The molecule has 32 heavy (non-hydrogen) atoms. The highest BCUT2D eigenvalue weighted by molar-refractivity contribution is 7.92. The number of thiazole rings is 1. The molecule has 1 aromatic heterocycles. The van der Waals surface area contributed by atoms with Crippen LogP contribution in [0.1, 0.15) is 28.4 Å². The predicted molar refractivity (Wildman–Crippen MR) is 128 cm³/mol. The van der Waals surface area contributed by atoms with Gasteiger partial charge in [-0.15, -0.1) is 0 Å². The normalized spacial score (nSPS) is 12.3. The summed E-state index contributed by atoms with van der Waals surface area (Å²) in [5.74, 6) is -0.509. The van der Waals surface area contributed by atoms with Crippen molar-refractivity contribution >= 4 is 43.2 Å². The largest absolute Gasteiger partial charge is 0.319 e. The van der Waals surface area contributed by atoms with Crippen LogP contribution in [0.2, 0.25) is 0 Å². The SMILES string of the molecule is CCc1ccc2c(c1)sc(=NC(=O)c1ccccc1NS(=O)(=O)c1ccc(C)cc1)n2C. The summed E-state index contributed by atoms with van der Waals surface area (Å²) in [4.78, 5) is 18.0. The zero-order valence-electron chi connectivity index (χ0n) is 18.0. The number of fused-ring (bicyclic) bond motifs is 1. The standard InChI is InChI=1S/C24H23N3O3S2/c1-4-17-11-14-21-22(15-17)31-24(27(21)3)25-23(28)19-7-5-6-8-20(19)26-32(29,30)18-12-9-16(2)10-13-18/h5-15,26H,4H2,1-3H3. The molecular formula is C24H23N3O3S2. The highest BCUT2D eigenvalue weighted by atomic mass is 32.2. The van der Waals surface area contributed by atoms with E-state index in [0.29, 0.717) is 4.80 Å². The third-order valence-electron chi connectivity index (χ3n) is 5.21. The lowest BCUT2D eigenvalue weighted by Crippen LogP contribution is -2.17. The third kappa shape index (κ3) is 4.37. The van der Waals surface area contributed by atoms with Gasteiger partial charge in [0.25, 0.3) is 15.9 Å². The van der Waals surface area contributed by atoms with Crippen LogP contribution in [0.15, 0.2) is 76.6 Å². The first-order valence-electron chi connectivity index (χ1n) is 10.1. The lowest BCUT2D eigenvalue weighted by molar-refractivity contribution is 0.0999. The van der Waals surface area contributed by atoms with Crippen molar-refractivity contribution in [2.24, 2.45) is 12.0 Å². The molecule has 0 fully saturated rings. The summed E-state index contributed by atoms with van der Waals surface area (Å²) in [5.41, 5.74) is 3.55. The first-order chi connectivity index (χ1) is 15.3. The number of hydrogen-bond acceptors (Lipinski definition) is 4. The molecule has 0 aliphatic heterocycles. The predicted octanol–water partition coefficient (Wildman–Crippen LogP) is 4.65. The number of amides is 1. The van der Waals surface area contributed by atoms with Gasteiger partial charge >= 0.3 is 0 Å². The van der Waals surface area contributed by atoms with Gasteiger partial charge in [0.15, 0.2) is 4.80 Å². The molecule has 0 atom stereocenters. The molecule has 4 aromatic rings. The first kappa shape index (κ1) is 22.0. The Hall–Kier alpha value is -3.23. The van der Waals surface area contributed by atoms with Gasteiger partial charge in [0, 0.05) is 7.05 Å². The van der Waals surface area contributed by atoms with Gasteiger partial charge in [0.05, 0.1) is 26.4 Å². The topological polar surface area (TPSA) is 80.5 Å². The Balaban J connectivity index is 1.71. The van der Waals surface area contributed by atoms with Gasteiger partial charge in [0.1, 0.15) is 0 Å². The van der Waals surface area contributed by atoms with Crippen molar-refractivity contribution in [2.75, 3.05) is 4.72 Å². The van der Waals surface area contributed by atoms with Crippen molar-refractivity contribution < 1.29 is 13.2 Å². The highest BCUT2D eigenvalue weighted by Crippen LogP contribution is 2.22. The molecule has 0 saturated carbocycles. The van der Waals surface area contributed by atoms with Gasteiger partial charge in [-0.25, -0.2) is 8.42 Å². The monoisotopic (exact) mass is 465 g/mol. The van der Waals surface area contributed by atoms with Crippen LogP contribution in [0.25, 0.3) is 10.2 Å². The fraction of sp³-hybridized carbons (Fsp3) is 0.167. The van der Waals surface area contributed by atoms with Crippen LogP contribution in [0, 0.1) is 6.92 Å². The summed E-state index contributed by atoms with van der Waals surface area (Å²) in [5, 5.41) is 0. The van der Waals surface area contributed by atoms with E-state index in [4.69, 9.17) is 0 Å². The molecular weight excluding hydrogens is 442 g/mol. The molecule has 0 saturated heterocycles. The molecule has 8 heteroatoms. The van der Waals surface area contributed by atoms with Gasteiger partial charge in [-0.2, -0.15) is 4.99 Å². The summed E-state index contributed by atoms with van der Waals surface area (Å²) < 4.78 is 31.1. The van der Waals surface area contributed by atoms with Crippen LogP contribution in [-0.4, -0.2) is 18.9 Å². The van der Waals surface area contributed by atoms with Crippen molar-refractivity contribution in [3.63, 3.8) is 0 Å². The van der Waals surface area contributed by atoms with E-state index in [0.717, 1.165) is 22.2 Å². The van der Waals surface area contributed by atoms with E-state index in [1.54, 1.807) is 36.4 Å². The Kier molecular flexibility index (Phi) is 5.99. The van der Waals surface area contributed by atoms with E-state index in [1.165, 1.54) is 29.0 Å². The van der Waals surface area contributed by atoms with Gasteiger partial charge in [-0.05, 0) is 55.3 Å². The Morgan fingerprint density at radius 2 is 1.78 bits per heavy atom. The molecule has 0 unspecified atom stereocenters. The van der Waals surface area contributed by atoms with E-state index >= 15 is 0 Å². The van der Waals surface area contributed by atoms with Gasteiger partial charge in [-0.3, -0.25) is 9.52 Å². The number of carbonyl (C=O) groups excluding carboxylic acids is 1. The summed E-state index contributed by atoms with van der Waals surface area (Å²) >= 11 is 1.43. The number of nitrogens with zero attached hydrogens (tertiary/aromatic N) is 2. The molecule has 0 bridgehead atoms. The van der Waals surface area contributed by atoms with E-state index in [1.807, 2.05) is 24.6 Å². The van der Waals surface area contributed by atoms with Gasteiger partial charge < -0.3 is 4.57 Å². The van der Waals surface area contributed by atoms with Crippen molar-refractivity contribution in [1.82, 2.24) is 4.57 Å². The zero-order chi connectivity index (χ0) is 22.9. The lowest BCUT2D eigenvalue weighted by Gasteiger charge is -2.11. The zero-order valence-corrected chi connectivity index (χ0v) is 19.6. The maximum Gasteiger partial charge on any atom is 0.281 e. The Bertz CT molecular complexity index is 1480. The van der Waals surface area contributed by atoms with Crippen molar-refractivity contribution in [1.29, 1.82) is 0 Å². The van der Waals surface area contributed by atoms with Crippen LogP contribution in [0.5, 0.6) is 0 Å². The van der Waals surface area contributed by atoms with Crippen molar-refractivity contribution in [3.05, 3.63) is 88.2 Å². The van der Waals surface area contributed by atoms with E-state index in [2.05, 4.69) is 28.8 Å². The number of aryl methyl sites for hydroxylation is 3. The number of aromatic nitrogens is 1. The molecule has 4 rings (SSSR count). The molecule has 0 spiro atoms. The average molecular weight is 466 g/mol. The van der Waals surface area contributed by atoms with Crippen LogP contribution < -0.4 is 9.52 Å².